The average molecular weight is 267 g/mol. The molecule has 0 saturated carbocycles. The van der Waals surface area contributed by atoms with Crippen LogP contribution >= 0.6 is 0 Å². The quantitative estimate of drug-likeness (QED) is 0.735. The van der Waals surface area contributed by atoms with Crippen molar-refractivity contribution in [1.82, 2.24) is 5.32 Å². The Labute approximate surface area is 115 Å². The minimum Gasteiger partial charge on any atom is -0.496 e. The lowest BCUT2D eigenvalue weighted by molar-refractivity contribution is 0.0990. The molecule has 4 nitrogen and oxygen atoms in total. The molecule has 0 spiro atoms. The molecule has 0 bridgehead atoms. The Kier molecular flexibility index (Phi) is 5.35. The zero-order chi connectivity index (χ0) is 14.6. The summed E-state index contributed by atoms with van der Waals surface area (Å²) in [5.41, 5.74) is 1.42. The van der Waals surface area contributed by atoms with E-state index in [9.17, 15) is 10.2 Å². The molecular formula is C15H25NO3. The van der Waals surface area contributed by atoms with E-state index in [0.717, 1.165) is 16.9 Å². The minimum atomic E-state index is -0.629. The second-order valence-corrected chi connectivity index (χ2v) is 5.65. The number of methoxy groups -OCH3 is 1. The lowest BCUT2D eigenvalue weighted by Crippen LogP contribution is -2.49. The van der Waals surface area contributed by atoms with Gasteiger partial charge in [0.25, 0.3) is 0 Å². The third-order valence-electron chi connectivity index (χ3n) is 3.25. The van der Waals surface area contributed by atoms with Crippen molar-refractivity contribution in [3.05, 3.63) is 29.3 Å². The molecule has 1 aromatic carbocycles. The Bertz CT molecular complexity index is 418. The molecule has 0 amide bonds. The monoisotopic (exact) mass is 267 g/mol. The smallest absolute Gasteiger partial charge is 0.121 e. The largest absolute Gasteiger partial charge is 0.496 e. The molecule has 0 aromatic heterocycles. The van der Waals surface area contributed by atoms with Gasteiger partial charge in [-0.15, -0.1) is 0 Å². The number of rotatable bonds is 6. The van der Waals surface area contributed by atoms with Crippen LogP contribution in [0.4, 0.5) is 0 Å². The zero-order valence-electron chi connectivity index (χ0n) is 12.4. The van der Waals surface area contributed by atoms with E-state index in [2.05, 4.69) is 5.32 Å². The van der Waals surface area contributed by atoms with Crippen LogP contribution in [0.25, 0.3) is 0 Å². The van der Waals surface area contributed by atoms with Crippen LogP contribution in [0.5, 0.6) is 5.75 Å². The lowest BCUT2D eigenvalue weighted by Gasteiger charge is -2.31. The first-order chi connectivity index (χ1) is 8.80. The molecule has 2 unspecified atom stereocenters. The number of hydrogen-bond donors (Lipinski definition) is 3. The second kappa shape index (κ2) is 6.37. The fourth-order valence-corrected chi connectivity index (χ4v) is 2.12. The molecule has 1 aromatic rings. The van der Waals surface area contributed by atoms with Crippen molar-refractivity contribution < 1.29 is 14.9 Å². The molecule has 2 atom stereocenters. The van der Waals surface area contributed by atoms with E-state index in [1.54, 1.807) is 7.11 Å². The van der Waals surface area contributed by atoms with Gasteiger partial charge in [0, 0.05) is 11.6 Å². The molecule has 0 radical (unpaired) electrons. The van der Waals surface area contributed by atoms with Crippen molar-refractivity contribution in [2.75, 3.05) is 13.7 Å². The summed E-state index contributed by atoms with van der Waals surface area (Å²) in [6.07, 6.45) is -0.629. The summed E-state index contributed by atoms with van der Waals surface area (Å²) in [7, 11) is 1.63. The van der Waals surface area contributed by atoms with Crippen LogP contribution in [0, 0.1) is 6.92 Å². The van der Waals surface area contributed by atoms with Gasteiger partial charge in [-0.25, -0.2) is 0 Å². The highest BCUT2D eigenvalue weighted by molar-refractivity contribution is 5.37. The van der Waals surface area contributed by atoms with Crippen molar-refractivity contribution >= 4 is 0 Å². The zero-order valence-corrected chi connectivity index (χ0v) is 12.4. The van der Waals surface area contributed by atoms with Crippen LogP contribution in [0.1, 0.15) is 38.0 Å². The van der Waals surface area contributed by atoms with Crippen molar-refractivity contribution in [3.8, 4) is 5.75 Å². The number of aliphatic hydroxyl groups excluding tert-OH is 2. The Hall–Kier alpha value is -1.10. The SMILES string of the molecule is COc1ccc(C(O)C(C)NC(C)(C)CO)cc1C. The first kappa shape index (κ1) is 16.0. The number of aryl methyl sites for hydroxylation is 1. The molecule has 1 rings (SSSR count). The maximum absolute atomic E-state index is 10.4. The van der Waals surface area contributed by atoms with Gasteiger partial charge in [-0.2, -0.15) is 0 Å². The standard InChI is InChI=1S/C15H25NO3/c1-10-8-12(6-7-13(10)19-5)14(18)11(2)16-15(3,4)9-17/h6-8,11,14,16-18H,9H2,1-5H3. The summed E-state index contributed by atoms with van der Waals surface area (Å²) in [4.78, 5) is 0. The van der Waals surface area contributed by atoms with Crippen LogP contribution in [0.15, 0.2) is 18.2 Å². The molecule has 0 saturated heterocycles. The van der Waals surface area contributed by atoms with Gasteiger partial charge in [-0.1, -0.05) is 6.07 Å². The van der Waals surface area contributed by atoms with Crippen molar-refractivity contribution in [2.45, 2.75) is 45.4 Å². The Balaban J connectivity index is 2.82. The van der Waals surface area contributed by atoms with E-state index in [0.29, 0.717) is 0 Å². The number of aliphatic hydroxyl groups is 2. The Morgan fingerprint density at radius 2 is 2.00 bits per heavy atom. The van der Waals surface area contributed by atoms with Crippen LogP contribution in [-0.4, -0.2) is 35.5 Å². The molecule has 0 aliphatic carbocycles. The van der Waals surface area contributed by atoms with E-state index < -0.39 is 11.6 Å². The molecule has 108 valence electrons. The topological polar surface area (TPSA) is 61.7 Å². The maximum Gasteiger partial charge on any atom is 0.121 e. The summed E-state index contributed by atoms with van der Waals surface area (Å²) in [6.45, 7) is 7.67. The predicted molar refractivity (Wildman–Crippen MR) is 76.5 cm³/mol. The molecule has 0 aliphatic rings. The highest BCUT2D eigenvalue weighted by Crippen LogP contribution is 2.24. The van der Waals surface area contributed by atoms with Gasteiger partial charge in [0.15, 0.2) is 0 Å². The number of hydrogen-bond acceptors (Lipinski definition) is 4. The van der Waals surface area contributed by atoms with Gasteiger partial charge in [-0.3, -0.25) is 0 Å². The van der Waals surface area contributed by atoms with Gasteiger partial charge in [0.2, 0.25) is 0 Å². The van der Waals surface area contributed by atoms with Crippen LogP contribution in [0.3, 0.4) is 0 Å². The first-order valence-electron chi connectivity index (χ1n) is 6.52. The van der Waals surface area contributed by atoms with Crippen molar-refractivity contribution in [3.63, 3.8) is 0 Å². The molecule has 0 aliphatic heterocycles. The molecule has 0 fully saturated rings. The normalized spacial score (nSPS) is 15.1. The first-order valence-corrected chi connectivity index (χ1v) is 6.52. The van der Waals surface area contributed by atoms with Crippen LogP contribution < -0.4 is 10.1 Å². The highest BCUT2D eigenvalue weighted by atomic mass is 16.5. The fraction of sp³-hybridized carbons (Fsp3) is 0.600. The summed E-state index contributed by atoms with van der Waals surface area (Å²) in [6, 6.07) is 5.49. The van der Waals surface area contributed by atoms with E-state index in [1.807, 2.05) is 45.9 Å². The Morgan fingerprint density at radius 3 is 2.47 bits per heavy atom. The predicted octanol–water partition coefficient (Wildman–Crippen LogP) is 1.79. The molecule has 3 N–H and O–H groups in total. The van der Waals surface area contributed by atoms with Crippen molar-refractivity contribution in [2.24, 2.45) is 0 Å². The van der Waals surface area contributed by atoms with E-state index in [1.165, 1.54) is 0 Å². The summed E-state index contributed by atoms with van der Waals surface area (Å²) < 4.78 is 5.21. The summed E-state index contributed by atoms with van der Waals surface area (Å²) in [5.74, 6) is 0.812. The molecule has 4 heteroatoms. The van der Waals surface area contributed by atoms with Crippen LogP contribution in [0.2, 0.25) is 0 Å². The summed E-state index contributed by atoms with van der Waals surface area (Å²) >= 11 is 0. The van der Waals surface area contributed by atoms with Gasteiger partial charge in [0.1, 0.15) is 5.75 Å². The number of ether oxygens (including phenoxy) is 1. The Morgan fingerprint density at radius 1 is 1.37 bits per heavy atom. The molecular weight excluding hydrogens is 242 g/mol. The van der Waals surface area contributed by atoms with E-state index >= 15 is 0 Å². The van der Waals surface area contributed by atoms with Gasteiger partial charge < -0.3 is 20.3 Å². The maximum atomic E-state index is 10.4. The average Bonchev–Trinajstić information content (AvgIpc) is 2.37. The van der Waals surface area contributed by atoms with Gasteiger partial charge in [0.05, 0.1) is 19.8 Å². The third kappa shape index (κ3) is 4.20. The highest BCUT2D eigenvalue weighted by Gasteiger charge is 2.24. The second-order valence-electron chi connectivity index (χ2n) is 5.65. The molecule has 0 heterocycles. The lowest BCUT2D eigenvalue weighted by atomic mass is 9.98. The third-order valence-corrected chi connectivity index (χ3v) is 3.25. The minimum absolute atomic E-state index is 0.0195. The number of nitrogens with one attached hydrogen (secondary N) is 1. The van der Waals surface area contributed by atoms with Crippen molar-refractivity contribution in [1.29, 1.82) is 0 Å². The molecule has 19 heavy (non-hydrogen) atoms. The van der Waals surface area contributed by atoms with Gasteiger partial charge in [-0.05, 0) is 51.0 Å². The van der Waals surface area contributed by atoms with E-state index in [-0.39, 0.29) is 12.6 Å². The van der Waals surface area contributed by atoms with Crippen LogP contribution in [-0.2, 0) is 0 Å². The van der Waals surface area contributed by atoms with Gasteiger partial charge >= 0.3 is 0 Å². The summed E-state index contributed by atoms with van der Waals surface area (Å²) in [5, 5.41) is 22.8. The fourth-order valence-electron chi connectivity index (χ4n) is 2.12. The number of benzene rings is 1. The van der Waals surface area contributed by atoms with E-state index in [4.69, 9.17) is 4.74 Å².